The third kappa shape index (κ3) is 3.68. The minimum absolute atomic E-state index is 0.357. The lowest BCUT2D eigenvalue weighted by atomic mass is 9.99. The highest BCUT2D eigenvalue weighted by Crippen LogP contribution is 2.28. The van der Waals surface area contributed by atoms with Crippen molar-refractivity contribution in [3.05, 3.63) is 21.3 Å². The molecule has 1 aliphatic rings. The fourth-order valence-corrected chi connectivity index (χ4v) is 3.61. The number of nitrogens with one attached hydrogen (secondary N) is 1. The van der Waals surface area contributed by atoms with Gasteiger partial charge in [0.05, 0.1) is 16.5 Å². The molecule has 0 aliphatic carbocycles. The van der Waals surface area contributed by atoms with E-state index in [9.17, 15) is 0 Å². The van der Waals surface area contributed by atoms with Crippen molar-refractivity contribution in [1.82, 2.24) is 5.32 Å². The van der Waals surface area contributed by atoms with Gasteiger partial charge < -0.3 is 10.1 Å². The molecule has 1 aromatic heterocycles. The second-order valence-corrected chi connectivity index (χ2v) is 6.70. The minimum Gasteiger partial charge on any atom is -0.375 e. The van der Waals surface area contributed by atoms with E-state index in [4.69, 9.17) is 16.3 Å². The van der Waals surface area contributed by atoms with E-state index in [2.05, 4.69) is 32.2 Å². The van der Waals surface area contributed by atoms with Crippen LogP contribution in [0.2, 0.25) is 4.34 Å². The second kappa shape index (κ2) is 5.70. The lowest BCUT2D eigenvalue weighted by Gasteiger charge is -2.34. The molecule has 2 rings (SSSR count). The van der Waals surface area contributed by atoms with Gasteiger partial charge in [-0.3, -0.25) is 0 Å². The lowest BCUT2D eigenvalue weighted by Crippen LogP contribution is -2.42. The first-order valence-electron chi connectivity index (χ1n) is 6.21. The van der Waals surface area contributed by atoms with Crippen molar-refractivity contribution >= 4 is 22.9 Å². The fraction of sp³-hybridized carbons (Fsp3) is 0.692. The van der Waals surface area contributed by atoms with E-state index in [1.807, 2.05) is 6.07 Å². The molecule has 17 heavy (non-hydrogen) atoms. The Hall–Kier alpha value is -0.0900. The van der Waals surface area contributed by atoms with Crippen molar-refractivity contribution in [3.63, 3.8) is 0 Å². The van der Waals surface area contributed by atoms with Gasteiger partial charge in [0.15, 0.2) is 0 Å². The topological polar surface area (TPSA) is 21.3 Å². The smallest absolute Gasteiger partial charge is 0.0931 e. The molecule has 1 aliphatic heterocycles. The number of thiophene rings is 1. The third-order valence-electron chi connectivity index (χ3n) is 3.20. The van der Waals surface area contributed by atoms with Crippen LogP contribution in [0.3, 0.4) is 0 Å². The summed E-state index contributed by atoms with van der Waals surface area (Å²) < 4.78 is 6.61. The van der Waals surface area contributed by atoms with Crippen LogP contribution in [-0.4, -0.2) is 18.2 Å². The summed E-state index contributed by atoms with van der Waals surface area (Å²) in [4.78, 5) is 1.31. The van der Waals surface area contributed by atoms with E-state index in [1.165, 1.54) is 4.88 Å². The van der Waals surface area contributed by atoms with Gasteiger partial charge in [-0.2, -0.15) is 0 Å². The second-order valence-electron chi connectivity index (χ2n) is 4.96. The van der Waals surface area contributed by atoms with E-state index >= 15 is 0 Å². The van der Waals surface area contributed by atoms with Crippen molar-refractivity contribution in [3.8, 4) is 0 Å². The molecule has 2 heterocycles. The monoisotopic (exact) mass is 273 g/mol. The quantitative estimate of drug-likeness (QED) is 0.899. The third-order valence-corrected chi connectivity index (χ3v) is 4.62. The van der Waals surface area contributed by atoms with Gasteiger partial charge in [-0.15, -0.1) is 11.3 Å². The molecule has 1 aromatic rings. The molecule has 2 nitrogen and oxygen atoms in total. The molecule has 1 saturated heterocycles. The van der Waals surface area contributed by atoms with Gasteiger partial charge in [-0.1, -0.05) is 11.6 Å². The zero-order chi connectivity index (χ0) is 12.4. The SMILES string of the molecule is CC1CC(NC(C)c2ccc(Cl)s2)CC(C)O1. The Balaban J connectivity index is 1.92. The molecule has 96 valence electrons. The number of halogens is 1. The molecule has 0 amide bonds. The summed E-state index contributed by atoms with van der Waals surface area (Å²) >= 11 is 7.62. The number of ether oxygens (including phenoxy) is 1. The average Bonchev–Trinajstić information content (AvgIpc) is 2.63. The van der Waals surface area contributed by atoms with Crippen LogP contribution in [0.15, 0.2) is 12.1 Å². The van der Waals surface area contributed by atoms with Gasteiger partial charge >= 0.3 is 0 Å². The predicted molar refractivity (Wildman–Crippen MR) is 73.9 cm³/mol. The van der Waals surface area contributed by atoms with Crippen LogP contribution in [0, 0.1) is 0 Å². The van der Waals surface area contributed by atoms with Gasteiger partial charge in [0.1, 0.15) is 0 Å². The predicted octanol–water partition coefficient (Wildman–Crippen LogP) is 4.01. The van der Waals surface area contributed by atoms with Crippen LogP contribution in [0.1, 0.15) is 44.5 Å². The first kappa shape index (κ1) is 13.3. The summed E-state index contributed by atoms with van der Waals surface area (Å²) in [6.45, 7) is 6.50. The zero-order valence-corrected chi connectivity index (χ0v) is 12.1. The van der Waals surface area contributed by atoms with Crippen LogP contribution in [0.25, 0.3) is 0 Å². The first-order valence-corrected chi connectivity index (χ1v) is 7.40. The number of hydrogen-bond donors (Lipinski definition) is 1. The maximum Gasteiger partial charge on any atom is 0.0931 e. The molecule has 1 N–H and O–H groups in total. The summed E-state index contributed by atoms with van der Waals surface area (Å²) in [6, 6.07) is 4.99. The highest BCUT2D eigenvalue weighted by atomic mass is 35.5. The summed E-state index contributed by atoms with van der Waals surface area (Å²) in [5.74, 6) is 0. The van der Waals surface area contributed by atoms with Crippen LogP contribution in [-0.2, 0) is 4.74 Å². The summed E-state index contributed by atoms with van der Waals surface area (Å²) in [5.41, 5.74) is 0. The van der Waals surface area contributed by atoms with E-state index in [0.717, 1.165) is 17.2 Å². The maximum atomic E-state index is 5.96. The number of hydrogen-bond acceptors (Lipinski definition) is 3. The lowest BCUT2D eigenvalue weighted by molar-refractivity contribution is -0.0433. The molecular formula is C13H20ClNOS. The highest BCUT2D eigenvalue weighted by molar-refractivity contribution is 7.16. The van der Waals surface area contributed by atoms with Gasteiger partial charge in [0.2, 0.25) is 0 Å². The summed E-state index contributed by atoms with van der Waals surface area (Å²) in [7, 11) is 0. The summed E-state index contributed by atoms with van der Waals surface area (Å²) in [5, 5.41) is 3.68. The Labute approximate surface area is 112 Å². The Bertz CT molecular complexity index is 358. The van der Waals surface area contributed by atoms with Crippen LogP contribution < -0.4 is 5.32 Å². The molecule has 0 spiro atoms. The van der Waals surface area contributed by atoms with E-state index in [0.29, 0.717) is 24.3 Å². The Kier molecular flexibility index (Phi) is 4.47. The van der Waals surface area contributed by atoms with E-state index in [-0.39, 0.29) is 0 Å². The Morgan fingerprint density at radius 1 is 1.35 bits per heavy atom. The molecule has 0 bridgehead atoms. The molecule has 0 radical (unpaired) electrons. The van der Waals surface area contributed by atoms with E-state index in [1.54, 1.807) is 11.3 Å². The summed E-state index contributed by atoms with van der Waals surface area (Å²) in [6.07, 6.45) is 2.90. The maximum absolute atomic E-state index is 5.96. The van der Waals surface area contributed by atoms with Crippen LogP contribution in [0.4, 0.5) is 0 Å². The van der Waals surface area contributed by atoms with Gasteiger partial charge in [-0.05, 0) is 45.7 Å². The molecule has 1 fully saturated rings. The molecule has 4 heteroatoms. The van der Waals surface area contributed by atoms with Crippen molar-refractivity contribution in [1.29, 1.82) is 0 Å². The molecule has 0 saturated carbocycles. The van der Waals surface area contributed by atoms with Crippen molar-refractivity contribution in [2.24, 2.45) is 0 Å². The highest BCUT2D eigenvalue weighted by Gasteiger charge is 2.25. The van der Waals surface area contributed by atoms with Crippen LogP contribution >= 0.6 is 22.9 Å². The van der Waals surface area contributed by atoms with Gasteiger partial charge in [-0.25, -0.2) is 0 Å². The Morgan fingerprint density at radius 2 is 2.00 bits per heavy atom. The van der Waals surface area contributed by atoms with Gasteiger partial charge in [0.25, 0.3) is 0 Å². The van der Waals surface area contributed by atoms with Crippen molar-refractivity contribution in [2.45, 2.75) is 57.9 Å². The minimum atomic E-state index is 0.357. The first-order chi connectivity index (χ1) is 8.04. The molecule has 0 aromatic carbocycles. The average molecular weight is 274 g/mol. The molecule has 3 atom stereocenters. The molecular weight excluding hydrogens is 254 g/mol. The Morgan fingerprint density at radius 3 is 2.53 bits per heavy atom. The van der Waals surface area contributed by atoms with Crippen molar-refractivity contribution in [2.75, 3.05) is 0 Å². The van der Waals surface area contributed by atoms with Crippen LogP contribution in [0.5, 0.6) is 0 Å². The largest absolute Gasteiger partial charge is 0.375 e. The van der Waals surface area contributed by atoms with Crippen molar-refractivity contribution < 1.29 is 4.74 Å². The normalized spacial score (nSPS) is 31.4. The molecule has 3 unspecified atom stereocenters. The van der Waals surface area contributed by atoms with E-state index < -0.39 is 0 Å². The standard InChI is InChI=1S/C13H20ClNOS/c1-8-6-11(7-9(2)16-8)15-10(3)12-4-5-13(14)17-12/h4-5,8-11,15H,6-7H2,1-3H3. The zero-order valence-electron chi connectivity index (χ0n) is 10.6. The fourth-order valence-electron chi connectivity index (χ4n) is 2.54. The number of rotatable bonds is 3. The van der Waals surface area contributed by atoms with Gasteiger partial charge in [0, 0.05) is 17.0 Å².